The second-order valence-corrected chi connectivity index (χ2v) is 7.22. The molecule has 2 N–H and O–H groups in total. The standard InChI is InChI=1S/C19H26FNO3.ClH/c1-12-17(9-14-4-6-16(20)7-5-14)15(8-13-2-3-13)10-23-11-18(21)19(22)24-12;/h4-7,12-13,15,17-18H,2-3,8-11,21H2,1H3;1H/t12-,15-,17-,18-;/m0./s1. The molecule has 1 saturated carbocycles. The second kappa shape index (κ2) is 8.97. The second-order valence-electron chi connectivity index (χ2n) is 7.22. The molecule has 0 unspecified atom stereocenters. The third kappa shape index (κ3) is 5.66. The third-order valence-electron chi connectivity index (χ3n) is 5.16. The largest absolute Gasteiger partial charge is 0.461 e. The molecule has 6 heteroatoms. The SMILES string of the molecule is C[C@@H]1OC(=O)[C@@H](N)COC[C@H](CC2CC2)[C@H]1Cc1ccc(F)cc1.Cl. The van der Waals surface area contributed by atoms with Gasteiger partial charge in [-0.25, -0.2) is 4.39 Å². The van der Waals surface area contributed by atoms with Gasteiger partial charge < -0.3 is 15.2 Å². The summed E-state index contributed by atoms with van der Waals surface area (Å²) in [6, 6.07) is 5.83. The number of cyclic esters (lactones) is 1. The molecular formula is C19H27ClFNO3. The van der Waals surface area contributed by atoms with Gasteiger partial charge in [-0.3, -0.25) is 4.79 Å². The molecule has 0 spiro atoms. The van der Waals surface area contributed by atoms with Crippen molar-refractivity contribution in [1.82, 2.24) is 0 Å². The van der Waals surface area contributed by atoms with Crippen LogP contribution in [0.25, 0.3) is 0 Å². The molecule has 140 valence electrons. The van der Waals surface area contributed by atoms with Crippen molar-refractivity contribution in [3.63, 3.8) is 0 Å². The number of carbonyl (C=O) groups is 1. The van der Waals surface area contributed by atoms with Gasteiger partial charge in [0.15, 0.2) is 0 Å². The Morgan fingerprint density at radius 1 is 1.20 bits per heavy atom. The zero-order chi connectivity index (χ0) is 17.1. The van der Waals surface area contributed by atoms with Crippen LogP contribution in [0.1, 0.15) is 31.7 Å². The molecule has 2 fully saturated rings. The quantitative estimate of drug-likeness (QED) is 0.826. The van der Waals surface area contributed by atoms with E-state index in [0.29, 0.717) is 12.5 Å². The van der Waals surface area contributed by atoms with Crippen molar-refractivity contribution in [2.75, 3.05) is 13.2 Å². The highest BCUT2D eigenvalue weighted by atomic mass is 35.5. The smallest absolute Gasteiger partial charge is 0.325 e. The van der Waals surface area contributed by atoms with Crippen LogP contribution in [0.4, 0.5) is 4.39 Å². The Morgan fingerprint density at radius 2 is 1.88 bits per heavy atom. The zero-order valence-electron chi connectivity index (χ0n) is 14.5. The summed E-state index contributed by atoms with van der Waals surface area (Å²) in [7, 11) is 0. The number of carbonyl (C=O) groups excluding carboxylic acids is 1. The van der Waals surface area contributed by atoms with Crippen molar-refractivity contribution in [1.29, 1.82) is 0 Å². The van der Waals surface area contributed by atoms with E-state index < -0.39 is 12.0 Å². The molecule has 1 aliphatic carbocycles. The van der Waals surface area contributed by atoms with Crippen LogP contribution in [-0.2, 0) is 20.7 Å². The van der Waals surface area contributed by atoms with Gasteiger partial charge in [-0.2, -0.15) is 0 Å². The number of rotatable bonds is 4. The van der Waals surface area contributed by atoms with Crippen molar-refractivity contribution >= 4 is 18.4 Å². The van der Waals surface area contributed by atoms with Gasteiger partial charge in [-0.1, -0.05) is 25.0 Å². The van der Waals surface area contributed by atoms with E-state index in [2.05, 4.69) is 0 Å². The van der Waals surface area contributed by atoms with Crippen molar-refractivity contribution in [3.05, 3.63) is 35.6 Å². The number of nitrogens with two attached hydrogens (primary N) is 1. The number of hydrogen-bond acceptors (Lipinski definition) is 4. The number of halogens is 2. The fourth-order valence-corrected chi connectivity index (χ4v) is 3.53. The van der Waals surface area contributed by atoms with Crippen LogP contribution in [0.15, 0.2) is 24.3 Å². The number of ether oxygens (including phenoxy) is 2. The normalized spacial score (nSPS) is 30.4. The molecule has 0 amide bonds. The summed E-state index contributed by atoms with van der Waals surface area (Å²) >= 11 is 0. The van der Waals surface area contributed by atoms with E-state index >= 15 is 0 Å². The minimum Gasteiger partial charge on any atom is -0.461 e. The van der Waals surface area contributed by atoms with E-state index in [1.54, 1.807) is 12.1 Å². The van der Waals surface area contributed by atoms with Crippen molar-refractivity contribution in [2.24, 2.45) is 23.5 Å². The molecule has 4 atom stereocenters. The third-order valence-corrected chi connectivity index (χ3v) is 5.16. The maximum Gasteiger partial charge on any atom is 0.325 e. The molecule has 3 rings (SSSR count). The first-order valence-electron chi connectivity index (χ1n) is 8.81. The number of hydrogen-bond donors (Lipinski definition) is 1. The lowest BCUT2D eigenvalue weighted by Gasteiger charge is -2.31. The van der Waals surface area contributed by atoms with Gasteiger partial charge in [-0.05, 0) is 49.3 Å². The average molecular weight is 372 g/mol. The minimum atomic E-state index is -0.724. The van der Waals surface area contributed by atoms with E-state index in [-0.39, 0.29) is 36.9 Å². The molecule has 4 nitrogen and oxygen atoms in total. The highest BCUT2D eigenvalue weighted by Gasteiger charge is 2.36. The van der Waals surface area contributed by atoms with Gasteiger partial charge >= 0.3 is 5.97 Å². The molecule has 1 aromatic rings. The van der Waals surface area contributed by atoms with Crippen LogP contribution in [0.2, 0.25) is 0 Å². The lowest BCUT2D eigenvalue weighted by Crippen LogP contribution is -2.39. The van der Waals surface area contributed by atoms with Crippen molar-refractivity contribution < 1.29 is 18.7 Å². The molecular weight excluding hydrogens is 345 g/mol. The Balaban J connectivity index is 0.00000225. The highest BCUT2D eigenvalue weighted by Crippen LogP contribution is 2.39. The highest BCUT2D eigenvalue weighted by molar-refractivity contribution is 5.85. The number of esters is 1. The predicted molar refractivity (Wildman–Crippen MR) is 96.0 cm³/mol. The van der Waals surface area contributed by atoms with Gasteiger partial charge in [0.25, 0.3) is 0 Å². The van der Waals surface area contributed by atoms with Gasteiger partial charge in [0.1, 0.15) is 18.0 Å². The molecule has 1 aromatic carbocycles. The first kappa shape index (κ1) is 20.1. The molecule has 1 aliphatic heterocycles. The summed E-state index contributed by atoms with van der Waals surface area (Å²) in [5.41, 5.74) is 6.86. The number of benzene rings is 1. The van der Waals surface area contributed by atoms with Gasteiger partial charge in [-0.15, -0.1) is 12.4 Å². The lowest BCUT2D eigenvalue weighted by molar-refractivity contribution is -0.153. The Bertz CT molecular complexity index is 564. The van der Waals surface area contributed by atoms with E-state index in [1.165, 1.54) is 25.0 Å². The fourth-order valence-electron chi connectivity index (χ4n) is 3.53. The van der Waals surface area contributed by atoms with Crippen LogP contribution in [0.5, 0.6) is 0 Å². The van der Waals surface area contributed by atoms with E-state index in [4.69, 9.17) is 15.2 Å². The molecule has 25 heavy (non-hydrogen) atoms. The topological polar surface area (TPSA) is 61.5 Å². The van der Waals surface area contributed by atoms with Crippen LogP contribution >= 0.6 is 12.4 Å². The Labute approximate surface area is 154 Å². The van der Waals surface area contributed by atoms with Crippen LogP contribution in [0.3, 0.4) is 0 Å². The monoisotopic (exact) mass is 371 g/mol. The predicted octanol–water partition coefficient (Wildman–Crippen LogP) is 3.11. The first-order chi connectivity index (χ1) is 11.5. The summed E-state index contributed by atoms with van der Waals surface area (Å²) in [6.45, 7) is 2.73. The Kier molecular flexibility index (Phi) is 7.23. The summed E-state index contributed by atoms with van der Waals surface area (Å²) in [4.78, 5) is 12.0. The molecule has 0 radical (unpaired) electrons. The molecule has 2 aliphatic rings. The summed E-state index contributed by atoms with van der Waals surface area (Å²) in [6.07, 6.45) is 4.13. The van der Waals surface area contributed by atoms with E-state index in [1.807, 2.05) is 6.92 Å². The minimum absolute atomic E-state index is 0. The summed E-state index contributed by atoms with van der Waals surface area (Å²) < 4.78 is 24.5. The van der Waals surface area contributed by atoms with Crippen molar-refractivity contribution in [2.45, 2.75) is 44.8 Å². The van der Waals surface area contributed by atoms with Gasteiger partial charge in [0.2, 0.25) is 0 Å². The first-order valence-corrected chi connectivity index (χ1v) is 8.81. The van der Waals surface area contributed by atoms with Gasteiger partial charge in [0, 0.05) is 12.5 Å². The van der Waals surface area contributed by atoms with Crippen LogP contribution in [0, 0.1) is 23.6 Å². The zero-order valence-corrected chi connectivity index (χ0v) is 15.3. The Morgan fingerprint density at radius 3 is 2.52 bits per heavy atom. The van der Waals surface area contributed by atoms with E-state index in [9.17, 15) is 9.18 Å². The maximum atomic E-state index is 13.2. The van der Waals surface area contributed by atoms with Crippen molar-refractivity contribution in [3.8, 4) is 0 Å². The Hall–Kier alpha value is -1.17. The molecule has 1 saturated heterocycles. The molecule has 0 bridgehead atoms. The van der Waals surface area contributed by atoms with E-state index in [0.717, 1.165) is 24.3 Å². The van der Waals surface area contributed by atoms with Crippen LogP contribution in [-0.4, -0.2) is 31.3 Å². The fraction of sp³-hybridized carbons (Fsp3) is 0.632. The maximum absolute atomic E-state index is 13.2. The average Bonchev–Trinajstić information content (AvgIpc) is 3.36. The summed E-state index contributed by atoms with van der Waals surface area (Å²) in [5, 5.41) is 0. The van der Waals surface area contributed by atoms with Gasteiger partial charge in [0.05, 0.1) is 6.61 Å². The molecule has 1 heterocycles. The summed E-state index contributed by atoms with van der Waals surface area (Å²) in [5.74, 6) is 0.572. The van der Waals surface area contributed by atoms with Crippen LogP contribution < -0.4 is 5.73 Å². The lowest BCUT2D eigenvalue weighted by atomic mass is 9.80. The molecule has 0 aromatic heterocycles.